The lowest BCUT2D eigenvalue weighted by Gasteiger charge is -2.26. The molecule has 0 radical (unpaired) electrons. The van der Waals surface area contributed by atoms with Gasteiger partial charge in [-0.2, -0.15) is 0 Å². The molecule has 2 aromatic heterocycles. The van der Waals surface area contributed by atoms with Crippen molar-refractivity contribution in [3.05, 3.63) is 29.3 Å². The Morgan fingerprint density at radius 3 is 2.96 bits per heavy atom. The molecule has 130 valence electrons. The minimum atomic E-state index is -0.867. The van der Waals surface area contributed by atoms with E-state index in [1.807, 2.05) is 30.5 Å². The van der Waals surface area contributed by atoms with Crippen LogP contribution in [0.2, 0.25) is 0 Å². The number of piperidine rings is 1. The Hall–Kier alpha value is -2.32. The van der Waals surface area contributed by atoms with E-state index in [1.54, 1.807) is 11.3 Å². The topological polar surface area (TPSA) is 83.0 Å². The number of nitrogens with one attached hydrogen (secondary N) is 2. The third kappa shape index (κ3) is 3.14. The molecule has 0 saturated carbocycles. The second-order valence-corrected chi connectivity index (χ2v) is 7.14. The van der Waals surface area contributed by atoms with E-state index < -0.39 is 6.17 Å². The normalized spacial score (nSPS) is 20.7. The van der Waals surface area contributed by atoms with Crippen LogP contribution in [-0.4, -0.2) is 45.6 Å². The molecule has 25 heavy (non-hydrogen) atoms. The zero-order valence-electron chi connectivity index (χ0n) is 13.7. The average molecular weight is 359 g/mol. The number of alkyl halides is 1. The molecule has 0 amide bonds. The van der Waals surface area contributed by atoms with Crippen LogP contribution in [0.4, 0.5) is 10.3 Å². The minimum absolute atomic E-state index is 0.0636. The molecule has 1 aromatic carbocycles. The van der Waals surface area contributed by atoms with E-state index in [4.69, 9.17) is 0 Å². The number of phenols is 1. The minimum Gasteiger partial charge on any atom is -0.507 e. The van der Waals surface area contributed by atoms with Gasteiger partial charge in [0.1, 0.15) is 17.6 Å². The van der Waals surface area contributed by atoms with Gasteiger partial charge < -0.3 is 15.7 Å². The quantitative estimate of drug-likeness (QED) is 0.667. The predicted molar refractivity (Wildman–Crippen MR) is 96.8 cm³/mol. The van der Waals surface area contributed by atoms with Crippen LogP contribution in [0.5, 0.6) is 5.75 Å². The predicted octanol–water partition coefficient (Wildman–Crippen LogP) is 2.88. The van der Waals surface area contributed by atoms with Gasteiger partial charge in [0.2, 0.25) is 5.95 Å². The second-order valence-electron chi connectivity index (χ2n) is 6.20. The number of anilines is 1. The SMILES string of the molecule is Cc1nc(N[C@H]2CNC[C@H](F)C2)nnc1-c1ccc2sccc2c1O. The Labute approximate surface area is 148 Å². The van der Waals surface area contributed by atoms with Gasteiger partial charge in [-0.25, -0.2) is 9.37 Å². The van der Waals surface area contributed by atoms with Gasteiger partial charge in [-0.05, 0) is 30.5 Å². The van der Waals surface area contributed by atoms with Crippen LogP contribution in [0.3, 0.4) is 0 Å². The van der Waals surface area contributed by atoms with Crippen LogP contribution < -0.4 is 10.6 Å². The summed E-state index contributed by atoms with van der Waals surface area (Å²) in [5, 5.41) is 27.8. The number of aromatic nitrogens is 3. The summed E-state index contributed by atoms with van der Waals surface area (Å²) in [4.78, 5) is 4.43. The molecule has 0 unspecified atom stereocenters. The monoisotopic (exact) mass is 359 g/mol. The lowest BCUT2D eigenvalue weighted by atomic mass is 10.1. The highest BCUT2D eigenvalue weighted by Crippen LogP contribution is 2.37. The van der Waals surface area contributed by atoms with Crippen LogP contribution in [0.25, 0.3) is 21.3 Å². The highest BCUT2D eigenvalue weighted by molar-refractivity contribution is 7.17. The number of aromatic hydroxyl groups is 1. The number of phenolic OH excluding ortho intramolecular Hbond substituents is 1. The van der Waals surface area contributed by atoms with Crippen molar-refractivity contribution in [3.8, 4) is 17.0 Å². The van der Waals surface area contributed by atoms with Crippen molar-refractivity contribution in [1.82, 2.24) is 20.5 Å². The van der Waals surface area contributed by atoms with Gasteiger partial charge in [0.25, 0.3) is 0 Å². The van der Waals surface area contributed by atoms with Crippen LogP contribution in [0.1, 0.15) is 12.1 Å². The summed E-state index contributed by atoms with van der Waals surface area (Å²) in [5.41, 5.74) is 1.81. The maximum Gasteiger partial charge on any atom is 0.243 e. The first-order valence-electron chi connectivity index (χ1n) is 8.14. The molecule has 1 aliphatic rings. The van der Waals surface area contributed by atoms with Crippen LogP contribution in [0, 0.1) is 6.92 Å². The molecule has 6 nitrogen and oxygen atoms in total. The Morgan fingerprint density at radius 2 is 2.16 bits per heavy atom. The molecule has 0 aliphatic carbocycles. The van der Waals surface area contributed by atoms with E-state index in [0.29, 0.717) is 42.4 Å². The zero-order valence-corrected chi connectivity index (χ0v) is 14.5. The molecule has 1 fully saturated rings. The summed E-state index contributed by atoms with van der Waals surface area (Å²) in [5.74, 6) is 0.564. The molecule has 8 heteroatoms. The number of aryl methyl sites for hydroxylation is 1. The van der Waals surface area contributed by atoms with Crippen molar-refractivity contribution in [1.29, 1.82) is 0 Å². The highest BCUT2D eigenvalue weighted by atomic mass is 32.1. The summed E-state index contributed by atoms with van der Waals surface area (Å²) in [6, 6.07) is 5.61. The van der Waals surface area contributed by atoms with Crippen LogP contribution in [0.15, 0.2) is 23.6 Å². The largest absolute Gasteiger partial charge is 0.507 e. The third-order valence-electron chi connectivity index (χ3n) is 4.35. The smallest absolute Gasteiger partial charge is 0.243 e. The maximum absolute atomic E-state index is 13.5. The first kappa shape index (κ1) is 16.2. The van der Waals surface area contributed by atoms with Crippen molar-refractivity contribution in [2.75, 3.05) is 18.4 Å². The third-order valence-corrected chi connectivity index (χ3v) is 5.24. The highest BCUT2D eigenvalue weighted by Gasteiger charge is 2.22. The molecule has 3 aromatic rings. The van der Waals surface area contributed by atoms with Crippen molar-refractivity contribution >= 4 is 27.4 Å². The average Bonchev–Trinajstić information content (AvgIpc) is 3.06. The van der Waals surface area contributed by atoms with E-state index in [1.165, 1.54) is 0 Å². The van der Waals surface area contributed by atoms with Gasteiger partial charge in [0.05, 0.1) is 5.69 Å². The lowest BCUT2D eigenvalue weighted by molar-refractivity contribution is 0.254. The number of rotatable bonds is 3. The van der Waals surface area contributed by atoms with Crippen LogP contribution in [-0.2, 0) is 0 Å². The number of hydrogen-bond donors (Lipinski definition) is 3. The summed E-state index contributed by atoms with van der Waals surface area (Å²) < 4.78 is 14.5. The molecule has 2 atom stereocenters. The fraction of sp³-hybridized carbons (Fsp3) is 0.353. The van der Waals surface area contributed by atoms with Gasteiger partial charge in [0, 0.05) is 41.2 Å². The Balaban J connectivity index is 1.61. The number of hydrogen-bond acceptors (Lipinski definition) is 7. The molecule has 0 bridgehead atoms. The number of nitrogens with zero attached hydrogens (tertiary/aromatic N) is 3. The van der Waals surface area contributed by atoms with Gasteiger partial charge in [-0.15, -0.1) is 21.5 Å². The van der Waals surface area contributed by atoms with E-state index >= 15 is 0 Å². The van der Waals surface area contributed by atoms with E-state index in [2.05, 4.69) is 25.8 Å². The molecule has 1 saturated heterocycles. The van der Waals surface area contributed by atoms with Crippen molar-refractivity contribution in [3.63, 3.8) is 0 Å². The van der Waals surface area contributed by atoms with Gasteiger partial charge in [-0.1, -0.05) is 0 Å². The van der Waals surface area contributed by atoms with E-state index in [-0.39, 0.29) is 11.8 Å². The first-order chi connectivity index (χ1) is 12.1. The van der Waals surface area contributed by atoms with E-state index in [0.717, 1.165) is 10.1 Å². The van der Waals surface area contributed by atoms with Crippen LogP contribution >= 0.6 is 11.3 Å². The Morgan fingerprint density at radius 1 is 1.28 bits per heavy atom. The summed E-state index contributed by atoms with van der Waals surface area (Å²) in [6.07, 6.45) is -0.443. The standard InChI is InChI=1S/C17H18FN5OS/c1-9-15(13-2-3-14-12(16(13)24)4-5-25-14)22-23-17(20-9)21-11-6-10(18)7-19-8-11/h2-5,10-11,19,24H,6-8H2,1H3,(H,20,21,23)/t10-,11-/m1/s1. The molecule has 3 heterocycles. The molecule has 4 rings (SSSR count). The summed E-state index contributed by atoms with van der Waals surface area (Å²) >= 11 is 1.57. The molecular weight excluding hydrogens is 341 g/mol. The summed E-state index contributed by atoms with van der Waals surface area (Å²) in [7, 11) is 0. The molecular formula is C17H18FN5OS. The first-order valence-corrected chi connectivity index (χ1v) is 9.02. The van der Waals surface area contributed by atoms with Crippen molar-refractivity contribution in [2.45, 2.75) is 25.6 Å². The van der Waals surface area contributed by atoms with Crippen molar-refractivity contribution < 1.29 is 9.50 Å². The molecule has 1 aliphatic heterocycles. The van der Waals surface area contributed by atoms with Crippen molar-refractivity contribution in [2.24, 2.45) is 0 Å². The maximum atomic E-state index is 13.5. The Kier molecular flexibility index (Phi) is 4.22. The van der Waals surface area contributed by atoms with Gasteiger partial charge in [0.15, 0.2) is 0 Å². The molecule has 3 N–H and O–H groups in total. The summed E-state index contributed by atoms with van der Waals surface area (Å²) in [6.45, 7) is 2.88. The fourth-order valence-corrected chi connectivity index (χ4v) is 3.90. The number of benzene rings is 1. The zero-order chi connectivity index (χ0) is 17.4. The number of thiophene rings is 1. The second kappa shape index (κ2) is 6.53. The number of halogens is 1. The lowest BCUT2D eigenvalue weighted by Crippen LogP contribution is -2.44. The number of fused-ring (bicyclic) bond motifs is 1. The molecule has 0 spiro atoms. The fourth-order valence-electron chi connectivity index (χ4n) is 3.12. The van der Waals surface area contributed by atoms with Gasteiger partial charge >= 0.3 is 0 Å². The van der Waals surface area contributed by atoms with Gasteiger partial charge in [-0.3, -0.25) is 0 Å². The Bertz CT molecular complexity index is 915. The van der Waals surface area contributed by atoms with E-state index in [9.17, 15) is 9.50 Å².